The summed E-state index contributed by atoms with van der Waals surface area (Å²) in [5.74, 6) is 1.22. The van der Waals surface area contributed by atoms with Gasteiger partial charge in [0.1, 0.15) is 0 Å². The van der Waals surface area contributed by atoms with E-state index in [9.17, 15) is 9.59 Å². The smallest absolute Gasteiger partial charge is 0.287 e. The Morgan fingerprint density at radius 3 is 2.39 bits per heavy atom. The first-order valence-electron chi connectivity index (χ1n) is 10.9. The summed E-state index contributed by atoms with van der Waals surface area (Å²) in [7, 11) is 1.78. The van der Waals surface area contributed by atoms with Crippen molar-refractivity contribution in [3.8, 4) is 0 Å². The molecule has 172 valence electrons. The maximum absolute atomic E-state index is 12.4. The second kappa shape index (κ2) is 11.7. The minimum absolute atomic E-state index is 0.186. The minimum Gasteiger partial charge on any atom is -0.459 e. The minimum atomic E-state index is -0.186. The maximum atomic E-state index is 12.4. The zero-order chi connectivity index (χ0) is 22.1. The van der Waals surface area contributed by atoms with Gasteiger partial charge in [-0.1, -0.05) is 0 Å². The summed E-state index contributed by atoms with van der Waals surface area (Å²) in [5, 5.41) is 6.23. The molecule has 2 N–H and O–H groups in total. The first kappa shape index (κ1) is 23.1. The topological polar surface area (TPSA) is 103 Å². The highest BCUT2D eigenvalue weighted by atomic mass is 16.5. The summed E-state index contributed by atoms with van der Waals surface area (Å²) < 4.78 is 10.5. The average molecular weight is 435 g/mol. The number of hydrogen-bond acceptors (Lipinski definition) is 6. The third-order valence-corrected chi connectivity index (χ3v) is 5.60. The number of aliphatic imine (C=N–C) groups is 1. The van der Waals surface area contributed by atoms with Crippen molar-refractivity contribution in [1.29, 1.82) is 0 Å². The molecule has 0 unspecified atom stereocenters. The number of ether oxygens (including phenoxy) is 1. The van der Waals surface area contributed by atoms with Crippen LogP contribution in [0.4, 0.5) is 0 Å². The van der Waals surface area contributed by atoms with E-state index >= 15 is 0 Å². The third kappa shape index (κ3) is 6.70. The van der Waals surface area contributed by atoms with Crippen molar-refractivity contribution in [2.45, 2.75) is 13.3 Å². The highest BCUT2D eigenvalue weighted by Gasteiger charge is 2.24. The number of amides is 2. The van der Waals surface area contributed by atoms with E-state index in [1.807, 2.05) is 11.8 Å². The van der Waals surface area contributed by atoms with E-state index in [2.05, 4.69) is 25.4 Å². The lowest BCUT2D eigenvalue weighted by atomic mass is 10.2. The van der Waals surface area contributed by atoms with E-state index in [0.29, 0.717) is 51.7 Å². The normalized spacial score (nSPS) is 18.2. The zero-order valence-corrected chi connectivity index (χ0v) is 18.6. The van der Waals surface area contributed by atoms with Crippen LogP contribution in [0.5, 0.6) is 0 Å². The van der Waals surface area contributed by atoms with E-state index in [4.69, 9.17) is 9.15 Å². The Hall–Kier alpha value is -2.59. The molecule has 0 radical (unpaired) electrons. The van der Waals surface area contributed by atoms with E-state index in [0.717, 1.165) is 44.1 Å². The summed E-state index contributed by atoms with van der Waals surface area (Å²) >= 11 is 0. The van der Waals surface area contributed by atoms with Crippen molar-refractivity contribution >= 4 is 17.8 Å². The van der Waals surface area contributed by atoms with Crippen LogP contribution in [0, 0.1) is 6.92 Å². The Balaban J connectivity index is 1.31. The number of carbonyl (C=O) groups is 2. The number of nitrogens with zero attached hydrogens (tertiary/aromatic N) is 4. The van der Waals surface area contributed by atoms with Crippen LogP contribution in [0.15, 0.2) is 21.7 Å². The number of furan rings is 1. The van der Waals surface area contributed by atoms with Crippen molar-refractivity contribution in [1.82, 2.24) is 25.3 Å². The van der Waals surface area contributed by atoms with Crippen LogP contribution < -0.4 is 10.6 Å². The lowest BCUT2D eigenvalue weighted by molar-refractivity contribution is -0.136. The Labute approximate surface area is 183 Å². The van der Waals surface area contributed by atoms with Gasteiger partial charge in [0, 0.05) is 65.0 Å². The van der Waals surface area contributed by atoms with Gasteiger partial charge in [-0.15, -0.1) is 0 Å². The molecule has 2 aliphatic heterocycles. The SMILES string of the molecule is CN=C(NCCCNC(=O)c1occc1C)N1CCN(CC(=O)N2CCOCC2)CC1. The van der Waals surface area contributed by atoms with Gasteiger partial charge in [-0.05, 0) is 19.4 Å². The van der Waals surface area contributed by atoms with Crippen molar-refractivity contribution < 1.29 is 18.7 Å². The fourth-order valence-corrected chi connectivity index (χ4v) is 3.73. The van der Waals surface area contributed by atoms with Gasteiger partial charge < -0.3 is 29.6 Å². The van der Waals surface area contributed by atoms with Crippen LogP contribution in [0.25, 0.3) is 0 Å². The molecule has 0 atom stereocenters. The molecule has 2 saturated heterocycles. The molecule has 0 spiro atoms. The highest BCUT2D eigenvalue weighted by molar-refractivity contribution is 5.92. The van der Waals surface area contributed by atoms with Crippen molar-refractivity contribution in [2.75, 3.05) is 79.2 Å². The van der Waals surface area contributed by atoms with Crippen LogP contribution in [-0.4, -0.2) is 112 Å². The van der Waals surface area contributed by atoms with Crippen molar-refractivity contribution in [3.05, 3.63) is 23.7 Å². The number of nitrogens with one attached hydrogen (secondary N) is 2. The summed E-state index contributed by atoms with van der Waals surface area (Å²) in [6.07, 6.45) is 2.30. The van der Waals surface area contributed by atoms with Crippen LogP contribution in [0.3, 0.4) is 0 Å². The summed E-state index contributed by atoms with van der Waals surface area (Å²) in [6, 6.07) is 1.78. The molecule has 0 aliphatic carbocycles. The van der Waals surface area contributed by atoms with Gasteiger partial charge in [0.2, 0.25) is 5.91 Å². The molecule has 31 heavy (non-hydrogen) atoms. The van der Waals surface area contributed by atoms with E-state index in [-0.39, 0.29) is 11.8 Å². The number of aryl methyl sites for hydroxylation is 1. The molecular formula is C21H34N6O4. The molecular weight excluding hydrogens is 400 g/mol. The lowest BCUT2D eigenvalue weighted by Gasteiger charge is -2.37. The average Bonchev–Trinajstić information content (AvgIpc) is 3.23. The molecule has 10 heteroatoms. The molecule has 2 amide bonds. The highest BCUT2D eigenvalue weighted by Crippen LogP contribution is 2.08. The molecule has 0 saturated carbocycles. The summed E-state index contributed by atoms with van der Waals surface area (Å²) in [4.78, 5) is 35.1. The van der Waals surface area contributed by atoms with Gasteiger partial charge in [0.05, 0.1) is 26.0 Å². The molecule has 0 aromatic carbocycles. The molecule has 1 aromatic heterocycles. The summed E-state index contributed by atoms with van der Waals surface area (Å²) in [5.41, 5.74) is 0.835. The summed E-state index contributed by atoms with van der Waals surface area (Å²) in [6.45, 7) is 9.53. The lowest BCUT2D eigenvalue weighted by Crippen LogP contribution is -2.55. The first-order chi connectivity index (χ1) is 15.1. The van der Waals surface area contributed by atoms with E-state index in [1.165, 1.54) is 6.26 Å². The molecule has 1 aromatic rings. The molecule has 3 rings (SSSR count). The zero-order valence-electron chi connectivity index (χ0n) is 18.6. The van der Waals surface area contributed by atoms with Gasteiger partial charge in [0.15, 0.2) is 11.7 Å². The van der Waals surface area contributed by atoms with Gasteiger partial charge in [-0.25, -0.2) is 0 Å². The van der Waals surface area contributed by atoms with E-state index in [1.54, 1.807) is 13.1 Å². The molecule has 2 fully saturated rings. The predicted octanol–water partition coefficient (Wildman–Crippen LogP) is -0.240. The Morgan fingerprint density at radius 2 is 1.74 bits per heavy atom. The van der Waals surface area contributed by atoms with Crippen molar-refractivity contribution in [2.24, 2.45) is 4.99 Å². The van der Waals surface area contributed by atoms with Crippen LogP contribution in [-0.2, 0) is 9.53 Å². The second-order valence-electron chi connectivity index (χ2n) is 7.77. The Bertz CT molecular complexity index is 751. The van der Waals surface area contributed by atoms with Crippen LogP contribution in [0.1, 0.15) is 22.5 Å². The Kier molecular flexibility index (Phi) is 8.72. The first-order valence-corrected chi connectivity index (χ1v) is 10.9. The van der Waals surface area contributed by atoms with Gasteiger partial charge in [-0.3, -0.25) is 19.5 Å². The quantitative estimate of drug-likeness (QED) is 0.347. The fraction of sp³-hybridized carbons (Fsp3) is 0.667. The monoisotopic (exact) mass is 434 g/mol. The second-order valence-corrected chi connectivity index (χ2v) is 7.77. The molecule has 2 aliphatic rings. The number of rotatable bonds is 7. The number of morpholine rings is 1. The third-order valence-electron chi connectivity index (χ3n) is 5.60. The fourth-order valence-electron chi connectivity index (χ4n) is 3.73. The number of guanidine groups is 1. The Morgan fingerprint density at radius 1 is 1.03 bits per heavy atom. The van der Waals surface area contributed by atoms with Gasteiger partial charge in [0.25, 0.3) is 5.91 Å². The standard InChI is InChI=1S/C21H34N6O4/c1-17-4-13-31-19(17)20(29)23-5-3-6-24-21(22-2)27-9-7-25(8-10-27)16-18(28)26-11-14-30-15-12-26/h4,13H,3,5-12,14-16H2,1-2H3,(H,22,24)(H,23,29). The maximum Gasteiger partial charge on any atom is 0.287 e. The predicted molar refractivity (Wildman–Crippen MR) is 117 cm³/mol. The van der Waals surface area contributed by atoms with Crippen LogP contribution >= 0.6 is 0 Å². The largest absolute Gasteiger partial charge is 0.459 e. The van der Waals surface area contributed by atoms with Gasteiger partial charge >= 0.3 is 0 Å². The van der Waals surface area contributed by atoms with Crippen molar-refractivity contribution in [3.63, 3.8) is 0 Å². The van der Waals surface area contributed by atoms with Crippen LogP contribution in [0.2, 0.25) is 0 Å². The van der Waals surface area contributed by atoms with E-state index < -0.39 is 0 Å². The molecule has 3 heterocycles. The number of carbonyl (C=O) groups excluding carboxylic acids is 2. The van der Waals surface area contributed by atoms with Gasteiger partial charge in [-0.2, -0.15) is 0 Å². The number of piperazine rings is 1. The number of hydrogen-bond donors (Lipinski definition) is 2. The molecule has 10 nitrogen and oxygen atoms in total. The molecule has 0 bridgehead atoms.